The predicted molar refractivity (Wildman–Crippen MR) is 88.2 cm³/mol. The maximum atomic E-state index is 13.4. The van der Waals surface area contributed by atoms with Crippen molar-refractivity contribution in [2.24, 2.45) is 0 Å². The molecule has 0 bridgehead atoms. The van der Waals surface area contributed by atoms with Crippen LogP contribution < -0.4 is 5.32 Å². The van der Waals surface area contributed by atoms with Crippen LogP contribution in [-0.2, 0) is 16.0 Å². The Kier molecular flexibility index (Phi) is 6.04. The summed E-state index contributed by atoms with van der Waals surface area (Å²) in [4.78, 5) is 14.4. The Morgan fingerprint density at radius 1 is 1.25 bits per heavy atom. The summed E-state index contributed by atoms with van der Waals surface area (Å²) in [7, 11) is 0. The number of benzene rings is 1. The highest BCUT2D eigenvalue weighted by Crippen LogP contribution is 2.16. The number of urea groups is 1. The lowest BCUT2D eigenvalue weighted by atomic mass is 10.1. The van der Waals surface area contributed by atoms with Gasteiger partial charge in [0.25, 0.3) is 0 Å². The molecule has 5 nitrogen and oxygen atoms in total. The molecular weight excluding hydrogens is 311 g/mol. The van der Waals surface area contributed by atoms with Gasteiger partial charge in [-0.1, -0.05) is 12.1 Å². The van der Waals surface area contributed by atoms with Crippen LogP contribution in [0.25, 0.3) is 0 Å². The molecule has 2 fully saturated rings. The van der Waals surface area contributed by atoms with Gasteiger partial charge >= 0.3 is 6.03 Å². The van der Waals surface area contributed by atoms with E-state index in [0.29, 0.717) is 26.3 Å². The van der Waals surface area contributed by atoms with Gasteiger partial charge in [0.1, 0.15) is 5.82 Å². The lowest BCUT2D eigenvalue weighted by Gasteiger charge is -2.30. The lowest BCUT2D eigenvalue weighted by Crippen LogP contribution is -2.48. The standard InChI is InChI=1S/C18H25FN2O3/c19-15-4-1-3-14(11-15)12-21(13-17-5-2-8-24-17)18(22)20-16-6-9-23-10-7-16/h1,3-4,11,16-17H,2,5-10,12-13H2,(H,20,22). The van der Waals surface area contributed by atoms with E-state index in [1.807, 2.05) is 6.07 Å². The highest BCUT2D eigenvalue weighted by atomic mass is 19.1. The van der Waals surface area contributed by atoms with Crippen LogP contribution >= 0.6 is 0 Å². The van der Waals surface area contributed by atoms with Crippen molar-refractivity contribution in [2.75, 3.05) is 26.4 Å². The molecule has 2 saturated heterocycles. The van der Waals surface area contributed by atoms with Gasteiger partial charge in [0.15, 0.2) is 0 Å². The van der Waals surface area contributed by atoms with Crippen molar-refractivity contribution in [1.29, 1.82) is 0 Å². The van der Waals surface area contributed by atoms with Crippen LogP contribution in [-0.4, -0.2) is 49.4 Å². The molecule has 132 valence electrons. The minimum absolute atomic E-state index is 0.0685. The Morgan fingerprint density at radius 3 is 2.79 bits per heavy atom. The van der Waals surface area contributed by atoms with E-state index < -0.39 is 0 Å². The molecular formula is C18H25FN2O3. The molecule has 24 heavy (non-hydrogen) atoms. The second-order valence-electron chi connectivity index (χ2n) is 6.48. The largest absolute Gasteiger partial charge is 0.381 e. The van der Waals surface area contributed by atoms with Gasteiger partial charge in [0.05, 0.1) is 6.10 Å². The van der Waals surface area contributed by atoms with E-state index >= 15 is 0 Å². The van der Waals surface area contributed by atoms with Crippen LogP contribution in [0.4, 0.5) is 9.18 Å². The molecule has 3 rings (SSSR count). The van der Waals surface area contributed by atoms with Gasteiger partial charge in [0, 0.05) is 39.0 Å². The molecule has 2 aliphatic rings. The number of hydrogen-bond donors (Lipinski definition) is 1. The van der Waals surface area contributed by atoms with Crippen molar-refractivity contribution >= 4 is 6.03 Å². The van der Waals surface area contributed by atoms with Crippen LogP contribution in [0, 0.1) is 5.82 Å². The molecule has 0 spiro atoms. The van der Waals surface area contributed by atoms with E-state index in [1.54, 1.807) is 11.0 Å². The normalized spacial score (nSPS) is 21.6. The predicted octanol–water partition coefficient (Wildman–Crippen LogP) is 2.70. The number of nitrogens with zero attached hydrogens (tertiary/aromatic N) is 1. The fourth-order valence-corrected chi connectivity index (χ4v) is 3.22. The maximum Gasteiger partial charge on any atom is 0.318 e. The number of carbonyl (C=O) groups excluding carboxylic acids is 1. The minimum atomic E-state index is -0.283. The van der Waals surface area contributed by atoms with Gasteiger partial charge in [-0.2, -0.15) is 0 Å². The first-order chi connectivity index (χ1) is 11.7. The molecule has 1 aromatic rings. The molecule has 0 saturated carbocycles. The van der Waals surface area contributed by atoms with Gasteiger partial charge in [-0.05, 0) is 43.4 Å². The number of amides is 2. The zero-order chi connectivity index (χ0) is 16.8. The fraction of sp³-hybridized carbons (Fsp3) is 0.611. The SMILES string of the molecule is O=C(NC1CCOCC1)N(Cc1cccc(F)c1)CC1CCCO1. The molecule has 1 atom stereocenters. The summed E-state index contributed by atoms with van der Waals surface area (Å²) in [6.07, 6.45) is 3.72. The molecule has 1 aromatic carbocycles. The number of hydrogen-bond acceptors (Lipinski definition) is 3. The first kappa shape index (κ1) is 17.2. The minimum Gasteiger partial charge on any atom is -0.381 e. The number of halogens is 1. The van der Waals surface area contributed by atoms with Crippen LogP contribution in [0.3, 0.4) is 0 Å². The summed E-state index contributed by atoms with van der Waals surface area (Å²) in [6.45, 7) is 3.03. The van der Waals surface area contributed by atoms with Crippen LogP contribution in [0.1, 0.15) is 31.2 Å². The lowest BCUT2D eigenvalue weighted by molar-refractivity contribution is 0.0682. The van der Waals surface area contributed by atoms with E-state index in [-0.39, 0.29) is 24.0 Å². The molecule has 0 radical (unpaired) electrons. The van der Waals surface area contributed by atoms with Crippen molar-refractivity contribution in [3.8, 4) is 0 Å². The highest BCUT2D eigenvalue weighted by Gasteiger charge is 2.25. The third-order valence-corrected chi connectivity index (χ3v) is 4.55. The highest BCUT2D eigenvalue weighted by molar-refractivity contribution is 5.74. The number of rotatable bonds is 5. The first-order valence-corrected chi connectivity index (χ1v) is 8.70. The second-order valence-corrected chi connectivity index (χ2v) is 6.48. The van der Waals surface area contributed by atoms with Gasteiger partial charge in [-0.15, -0.1) is 0 Å². The first-order valence-electron chi connectivity index (χ1n) is 8.70. The Hall–Kier alpha value is -1.66. The Bertz CT molecular complexity index is 543. The monoisotopic (exact) mass is 336 g/mol. The summed E-state index contributed by atoms with van der Waals surface area (Å²) in [5, 5.41) is 3.09. The van der Waals surface area contributed by atoms with E-state index in [4.69, 9.17) is 9.47 Å². The van der Waals surface area contributed by atoms with E-state index in [9.17, 15) is 9.18 Å². The van der Waals surface area contributed by atoms with Crippen molar-refractivity contribution in [3.63, 3.8) is 0 Å². The van der Waals surface area contributed by atoms with Crippen LogP contribution in [0.15, 0.2) is 24.3 Å². The van der Waals surface area contributed by atoms with Crippen molar-refractivity contribution in [1.82, 2.24) is 10.2 Å². The zero-order valence-corrected chi connectivity index (χ0v) is 13.9. The van der Waals surface area contributed by atoms with Gasteiger partial charge in [0.2, 0.25) is 0 Å². The molecule has 2 aliphatic heterocycles. The second kappa shape index (κ2) is 8.44. The van der Waals surface area contributed by atoms with E-state index in [1.165, 1.54) is 12.1 Å². The number of nitrogens with one attached hydrogen (secondary N) is 1. The molecule has 1 unspecified atom stereocenters. The average molecular weight is 336 g/mol. The Balaban J connectivity index is 1.64. The smallest absolute Gasteiger partial charge is 0.318 e. The Labute approximate surface area is 142 Å². The van der Waals surface area contributed by atoms with Crippen LogP contribution in [0.2, 0.25) is 0 Å². The quantitative estimate of drug-likeness (QED) is 0.899. The zero-order valence-electron chi connectivity index (χ0n) is 13.9. The van der Waals surface area contributed by atoms with Gasteiger partial charge in [-0.3, -0.25) is 0 Å². The molecule has 2 heterocycles. The summed E-state index contributed by atoms with van der Waals surface area (Å²) in [6, 6.07) is 6.44. The number of ether oxygens (including phenoxy) is 2. The summed E-state index contributed by atoms with van der Waals surface area (Å²) >= 11 is 0. The molecule has 1 N–H and O–H groups in total. The van der Waals surface area contributed by atoms with E-state index in [0.717, 1.165) is 37.9 Å². The van der Waals surface area contributed by atoms with Crippen molar-refractivity contribution < 1.29 is 18.7 Å². The summed E-state index contributed by atoms with van der Waals surface area (Å²) in [5.41, 5.74) is 0.787. The van der Waals surface area contributed by atoms with Gasteiger partial charge in [-0.25, -0.2) is 9.18 Å². The average Bonchev–Trinajstić information content (AvgIpc) is 3.08. The van der Waals surface area contributed by atoms with Gasteiger partial charge < -0.3 is 19.7 Å². The summed E-state index contributed by atoms with van der Waals surface area (Å²) < 4.78 is 24.4. The Morgan fingerprint density at radius 2 is 2.08 bits per heavy atom. The third-order valence-electron chi connectivity index (χ3n) is 4.55. The topological polar surface area (TPSA) is 50.8 Å². The molecule has 0 aliphatic carbocycles. The molecule has 2 amide bonds. The van der Waals surface area contributed by atoms with E-state index in [2.05, 4.69) is 5.32 Å². The third kappa shape index (κ3) is 4.92. The van der Waals surface area contributed by atoms with Crippen molar-refractivity contribution in [2.45, 2.75) is 44.4 Å². The molecule has 0 aromatic heterocycles. The van der Waals surface area contributed by atoms with Crippen molar-refractivity contribution in [3.05, 3.63) is 35.6 Å². The fourth-order valence-electron chi connectivity index (χ4n) is 3.22. The summed E-state index contributed by atoms with van der Waals surface area (Å²) in [5.74, 6) is -0.283. The van der Waals surface area contributed by atoms with Crippen LogP contribution in [0.5, 0.6) is 0 Å². The number of carbonyl (C=O) groups is 1. The maximum absolute atomic E-state index is 13.4. The molecule has 6 heteroatoms.